The van der Waals surface area contributed by atoms with Crippen LogP contribution in [0.15, 0.2) is 12.3 Å². The van der Waals surface area contributed by atoms with Crippen molar-refractivity contribution in [3.63, 3.8) is 0 Å². The summed E-state index contributed by atoms with van der Waals surface area (Å²) in [6.45, 7) is 7.23. The summed E-state index contributed by atoms with van der Waals surface area (Å²) < 4.78 is 5.91. The van der Waals surface area contributed by atoms with E-state index in [4.69, 9.17) is 4.74 Å². The smallest absolute Gasteiger partial charge is 0.193 e. The lowest BCUT2D eigenvalue weighted by Gasteiger charge is -2.67. The fourth-order valence-electron chi connectivity index (χ4n) is 5.46. The molecule has 0 radical (unpaired) electrons. The summed E-state index contributed by atoms with van der Waals surface area (Å²) in [4.78, 5) is 11.4. The first-order valence-corrected chi connectivity index (χ1v) is 7.47. The van der Waals surface area contributed by atoms with Gasteiger partial charge >= 0.3 is 0 Å². The lowest BCUT2D eigenvalue weighted by atomic mass is 9.44. The molecule has 4 rings (SSSR count). The summed E-state index contributed by atoms with van der Waals surface area (Å²) in [7, 11) is 0. The summed E-state index contributed by atoms with van der Waals surface area (Å²) in [6.07, 6.45) is 4.60. The molecule has 4 saturated carbocycles. The average molecular weight is 280 g/mol. The number of carbonyl (C=O) groups excluding carboxylic acids is 1. The van der Waals surface area contributed by atoms with Crippen LogP contribution in [0.3, 0.4) is 0 Å². The zero-order valence-electron chi connectivity index (χ0n) is 12.4. The minimum atomic E-state index is -0.865. The predicted molar refractivity (Wildman–Crippen MR) is 74.0 cm³/mol. The number of hydrogen-bond donors (Lipinski definition) is 2. The van der Waals surface area contributed by atoms with E-state index in [-0.39, 0.29) is 17.0 Å². The van der Waals surface area contributed by atoms with E-state index >= 15 is 0 Å². The fraction of sp³-hybridized carbons (Fsp3) is 0.812. The molecule has 0 aromatic rings. The first kappa shape index (κ1) is 14.1. The molecule has 4 aliphatic rings. The van der Waals surface area contributed by atoms with Crippen molar-refractivity contribution in [1.29, 1.82) is 0 Å². The Morgan fingerprint density at radius 3 is 2.10 bits per heavy atom. The Morgan fingerprint density at radius 2 is 1.65 bits per heavy atom. The summed E-state index contributed by atoms with van der Waals surface area (Å²) in [5.41, 5.74) is -2.43. The molecule has 0 heterocycles. The van der Waals surface area contributed by atoms with Gasteiger partial charge in [0, 0.05) is 26.2 Å². The van der Waals surface area contributed by atoms with Gasteiger partial charge in [0.2, 0.25) is 0 Å². The van der Waals surface area contributed by atoms with Gasteiger partial charge in [-0.15, -0.1) is 0 Å². The van der Waals surface area contributed by atoms with Gasteiger partial charge in [0.25, 0.3) is 0 Å². The van der Waals surface area contributed by atoms with Gasteiger partial charge in [0.1, 0.15) is 5.60 Å². The molecule has 0 amide bonds. The third kappa shape index (κ3) is 2.01. The van der Waals surface area contributed by atoms with Crippen LogP contribution in [0.25, 0.3) is 0 Å². The highest BCUT2D eigenvalue weighted by Gasteiger charge is 2.68. The van der Waals surface area contributed by atoms with Crippen molar-refractivity contribution in [2.75, 3.05) is 0 Å². The molecule has 0 spiro atoms. The van der Waals surface area contributed by atoms with Crippen molar-refractivity contribution in [3.8, 4) is 0 Å². The number of aliphatic hydroxyl groups is 2. The van der Waals surface area contributed by atoms with Crippen LogP contribution in [0.1, 0.15) is 58.8 Å². The van der Waals surface area contributed by atoms with E-state index in [9.17, 15) is 15.0 Å². The van der Waals surface area contributed by atoms with E-state index in [1.54, 1.807) is 0 Å². The number of rotatable bonds is 4. The third-order valence-electron chi connectivity index (χ3n) is 5.55. The summed E-state index contributed by atoms with van der Waals surface area (Å²) in [5, 5.41) is 21.7. The molecule has 0 aliphatic heterocycles. The van der Waals surface area contributed by atoms with Crippen molar-refractivity contribution in [1.82, 2.24) is 0 Å². The van der Waals surface area contributed by atoms with Gasteiger partial charge in [-0.3, -0.25) is 4.79 Å². The zero-order chi connectivity index (χ0) is 14.8. The number of ketones is 1. The molecule has 2 unspecified atom stereocenters. The Morgan fingerprint density at radius 1 is 1.10 bits per heavy atom. The van der Waals surface area contributed by atoms with Crippen molar-refractivity contribution < 1.29 is 19.7 Å². The van der Waals surface area contributed by atoms with Gasteiger partial charge in [0.15, 0.2) is 11.5 Å². The molecule has 4 nitrogen and oxygen atoms in total. The minimum Gasteiger partial charge on any atom is -0.484 e. The maximum Gasteiger partial charge on any atom is 0.193 e. The van der Waals surface area contributed by atoms with E-state index in [2.05, 4.69) is 13.5 Å². The number of allylic oxidation sites excluding steroid dienone is 1. The Kier molecular flexibility index (Phi) is 2.72. The van der Waals surface area contributed by atoms with Crippen molar-refractivity contribution in [3.05, 3.63) is 12.3 Å². The Hall–Kier alpha value is -0.870. The second-order valence-corrected chi connectivity index (χ2v) is 7.63. The number of ether oxygens (including phenoxy) is 1. The van der Waals surface area contributed by atoms with Gasteiger partial charge in [0.05, 0.1) is 11.2 Å². The summed E-state index contributed by atoms with van der Waals surface area (Å²) >= 11 is 0. The van der Waals surface area contributed by atoms with Crippen LogP contribution in [-0.4, -0.2) is 32.8 Å². The largest absolute Gasteiger partial charge is 0.484 e. The molecule has 0 saturated heterocycles. The van der Waals surface area contributed by atoms with Crippen LogP contribution in [0, 0.1) is 5.41 Å². The third-order valence-corrected chi connectivity index (χ3v) is 5.55. The zero-order valence-corrected chi connectivity index (χ0v) is 12.4. The fourth-order valence-corrected chi connectivity index (χ4v) is 5.46. The van der Waals surface area contributed by atoms with Crippen LogP contribution in [0.2, 0.25) is 0 Å². The molecule has 20 heavy (non-hydrogen) atoms. The molecule has 4 fully saturated rings. The van der Waals surface area contributed by atoms with Gasteiger partial charge in [-0.25, -0.2) is 0 Å². The molecule has 112 valence electrons. The summed E-state index contributed by atoms with van der Waals surface area (Å²) in [6, 6.07) is 0. The molecule has 2 N–H and O–H groups in total. The minimum absolute atomic E-state index is 0.0741. The SMILES string of the molecule is C=C(OC12CC3(O)CC(O)(CC(CC)(C3)C1)C2)C(C)=O. The molecule has 0 aromatic heterocycles. The molecule has 0 aromatic carbocycles. The second kappa shape index (κ2) is 3.86. The topological polar surface area (TPSA) is 66.8 Å². The highest BCUT2D eigenvalue weighted by Crippen LogP contribution is 2.66. The number of hydrogen-bond acceptors (Lipinski definition) is 4. The lowest BCUT2D eigenvalue weighted by molar-refractivity contribution is -0.284. The van der Waals surface area contributed by atoms with E-state index in [1.165, 1.54) is 6.92 Å². The predicted octanol–water partition coefficient (Wildman–Crippen LogP) is 2.08. The first-order valence-electron chi connectivity index (χ1n) is 7.47. The lowest BCUT2D eigenvalue weighted by Crippen LogP contribution is -2.69. The van der Waals surface area contributed by atoms with Gasteiger partial charge < -0.3 is 14.9 Å². The monoisotopic (exact) mass is 280 g/mol. The first-order chi connectivity index (χ1) is 9.13. The maximum atomic E-state index is 11.4. The number of carbonyl (C=O) groups is 1. The molecule has 4 aliphatic carbocycles. The number of Topliss-reactive ketones (excluding diaryl/α,β-unsaturated/α-hetero) is 1. The Bertz CT molecular complexity index is 463. The second-order valence-electron chi connectivity index (χ2n) is 7.63. The van der Waals surface area contributed by atoms with E-state index in [0.29, 0.717) is 19.3 Å². The van der Waals surface area contributed by atoms with Crippen LogP contribution in [-0.2, 0) is 9.53 Å². The molecule has 4 bridgehead atoms. The van der Waals surface area contributed by atoms with Crippen LogP contribution < -0.4 is 0 Å². The molecular weight excluding hydrogens is 256 g/mol. The van der Waals surface area contributed by atoms with Crippen molar-refractivity contribution >= 4 is 5.78 Å². The van der Waals surface area contributed by atoms with E-state index in [1.807, 2.05) is 0 Å². The van der Waals surface area contributed by atoms with Gasteiger partial charge in [-0.1, -0.05) is 19.9 Å². The van der Waals surface area contributed by atoms with E-state index in [0.717, 1.165) is 25.7 Å². The van der Waals surface area contributed by atoms with Crippen LogP contribution in [0.5, 0.6) is 0 Å². The van der Waals surface area contributed by atoms with Crippen LogP contribution >= 0.6 is 0 Å². The Balaban J connectivity index is 1.97. The molecule has 2 atom stereocenters. The highest BCUT2D eigenvalue weighted by atomic mass is 16.5. The van der Waals surface area contributed by atoms with Gasteiger partial charge in [-0.2, -0.15) is 0 Å². The van der Waals surface area contributed by atoms with Crippen molar-refractivity contribution in [2.45, 2.75) is 75.6 Å². The van der Waals surface area contributed by atoms with Gasteiger partial charge in [-0.05, 0) is 24.7 Å². The van der Waals surface area contributed by atoms with Crippen molar-refractivity contribution in [2.24, 2.45) is 5.41 Å². The normalized spacial score (nSPS) is 49.2. The molecular formula is C16H24O4. The maximum absolute atomic E-state index is 11.4. The average Bonchev–Trinajstić information content (AvgIpc) is 2.23. The molecule has 4 heteroatoms. The van der Waals surface area contributed by atoms with E-state index < -0.39 is 16.8 Å². The summed E-state index contributed by atoms with van der Waals surface area (Å²) in [5.74, 6) is -0.0457. The Labute approximate surface area is 119 Å². The van der Waals surface area contributed by atoms with Crippen LogP contribution in [0.4, 0.5) is 0 Å². The standard InChI is InChI=1S/C16H24O4/c1-4-13-5-14(18)8-15(19,6-13)10-16(7-13,9-14)20-12(3)11(2)17/h18-19H,3-10H2,1-2H3. The highest BCUT2D eigenvalue weighted by molar-refractivity contribution is 5.90. The quantitative estimate of drug-likeness (QED) is 0.611.